The summed E-state index contributed by atoms with van der Waals surface area (Å²) in [4.78, 5) is 16.3. The number of nitrogens with zero attached hydrogens (tertiary/aromatic N) is 2. The molecular weight excluding hydrogens is 428 g/mol. The van der Waals surface area contributed by atoms with E-state index in [2.05, 4.69) is 23.1 Å². The van der Waals surface area contributed by atoms with Crippen LogP contribution >= 0.6 is 11.6 Å². The van der Waals surface area contributed by atoms with Crippen molar-refractivity contribution in [3.8, 4) is 28.6 Å². The zero-order chi connectivity index (χ0) is 23.1. The van der Waals surface area contributed by atoms with Crippen LogP contribution in [-0.2, 0) is 22.4 Å². The van der Waals surface area contributed by atoms with Crippen molar-refractivity contribution in [1.29, 1.82) is 0 Å². The Bertz CT molecular complexity index is 1060. The molecule has 0 saturated carbocycles. The Morgan fingerprint density at radius 3 is 2.69 bits per heavy atom. The van der Waals surface area contributed by atoms with Gasteiger partial charge in [0, 0.05) is 17.5 Å². The molecule has 32 heavy (non-hydrogen) atoms. The summed E-state index contributed by atoms with van der Waals surface area (Å²) in [7, 11) is 0. The summed E-state index contributed by atoms with van der Waals surface area (Å²) < 4.78 is 16.2. The van der Waals surface area contributed by atoms with Crippen molar-refractivity contribution in [3.63, 3.8) is 0 Å². The third-order valence-corrected chi connectivity index (χ3v) is 5.26. The fourth-order valence-corrected chi connectivity index (χ4v) is 3.81. The Morgan fingerprint density at radius 2 is 2.00 bits per heavy atom. The minimum absolute atomic E-state index is 0.0328. The lowest BCUT2D eigenvalue weighted by Gasteiger charge is -2.11. The Labute approximate surface area is 193 Å². The van der Waals surface area contributed by atoms with E-state index in [1.165, 1.54) is 5.56 Å². The first-order valence-corrected chi connectivity index (χ1v) is 11.4. The maximum Gasteiger partial charge on any atom is 0.305 e. The van der Waals surface area contributed by atoms with E-state index in [0.29, 0.717) is 35.5 Å². The Morgan fingerprint density at radius 1 is 1.19 bits per heavy atom. The quantitative estimate of drug-likeness (QED) is 0.333. The van der Waals surface area contributed by atoms with Gasteiger partial charge >= 0.3 is 5.97 Å². The van der Waals surface area contributed by atoms with Crippen LogP contribution in [0.2, 0.25) is 5.02 Å². The molecule has 0 bridgehead atoms. The van der Waals surface area contributed by atoms with Gasteiger partial charge in [-0.25, -0.2) is 0 Å². The zero-order valence-electron chi connectivity index (χ0n) is 19.0. The molecule has 0 radical (unpaired) electrons. The normalized spacial score (nSPS) is 11.1. The maximum absolute atomic E-state index is 11.6. The van der Waals surface area contributed by atoms with E-state index in [1.54, 1.807) is 6.07 Å². The average Bonchev–Trinajstić information content (AvgIpc) is 3.25. The number of hydrogen-bond acceptors (Lipinski definition) is 6. The van der Waals surface area contributed by atoms with Crippen molar-refractivity contribution < 1.29 is 18.8 Å². The molecule has 0 N–H and O–H groups in total. The van der Waals surface area contributed by atoms with Gasteiger partial charge in [-0.05, 0) is 69.4 Å². The number of aryl methyl sites for hydroxylation is 1. The number of benzene rings is 2. The van der Waals surface area contributed by atoms with Crippen LogP contribution in [0.25, 0.3) is 22.8 Å². The number of halogens is 1. The molecule has 3 rings (SSSR count). The highest BCUT2D eigenvalue weighted by Gasteiger charge is 2.17. The van der Waals surface area contributed by atoms with E-state index in [-0.39, 0.29) is 12.1 Å². The Balaban J connectivity index is 1.81. The number of hydrogen-bond donors (Lipinski definition) is 0. The first-order valence-electron chi connectivity index (χ1n) is 11.0. The molecule has 3 aromatic rings. The van der Waals surface area contributed by atoms with Crippen LogP contribution in [0.15, 0.2) is 40.9 Å². The number of ether oxygens (including phenoxy) is 2. The van der Waals surface area contributed by atoms with Gasteiger partial charge < -0.3 is 14.0 Å². The molecule has 0 aliphatic rings. The molecule has 0 aliphatic carbocycles. The molecule has 0 unspecified atom stereocenters. The monoisotopic (exact) mass is 456 g/mol. The zero-order valence-corrected chi connectivity index (χ0v) is 19.7. The van der Waals surface area contributed by atoms with Gasteiger partial charge in [0.05, 0.1) is 17.7 Å². The number of carbonyl (C=O) groups excluding carboxylic acids is 1. The smallest absolute Gasteiger partial charge is 0.305 e. The van der Waals surface area contributed by atoms with Gasteiger partial charge in [-0.2, -0.15) is 4.98 Å². The van der Waals surface area contributed by atoms with E-state index in [4.69, 9.17) is 25.6 Å². The lowest BCUT2D eigenvalue weighted by molar-refractivity contribution is -0.143. The summed E-state index contributed by atoms with van der Waals surface area (Å²) in [5.41, 5.74) is 4.00. The first kappa shape index (κ1) is 23.8. The molecule has 1 heterocycles. The van der Waals surface area contributed by atoms with Crippen LogP contribution < -0.4 is 4.74 Å². The molecule has 0 spiro atoms. The summed E-state index contributed by atoms with van der Waals surface area (Å²) in [6.45, 7) is 8.22. The fourth-order valence-electron chi connectivity index (χ4n) is 3.59. The standard InChI is InChI=1S/C25H29ClN2O4/c1-5-19-17(10-8-12-23(29)30-6-2)9-7-11-20(19)24-27-25(32-28-24)18-13-14-22(21(26)15-18)31-16(3)4/h7,9,11,13-16H,5-6,8,10,12H2,1-4H3. The maximum atomic E-state index is 11.6. The van der Waals surface area contributed by atoms with E-state index < -0.39 is 0 Å². The van der Waals surface area contributed by atoms with E-state index in [1.807, 2.05) is 45.0 Å². The van der Waals surface area contributed by atoms with Crippen LogP contribution in [-0.4, -0.2) is 28.8 Å². The second kappa shape index (κ2) is 11.1. The number of carbonyl (C=O) groups is 1. The Kier molecular flexibility index (Phi) is 8.28. The number of aromatic nitrogens is 2. The van der Waals surface area contributed by atoms with Crippen LogP contribution in [0.1, 0.15) is 51.7 Å². The van der Waals surface area contributed by atoms with Gasteiger partial charge in [0.25, 0.3) is 5.89 Å². The summed E-state index contributed by atoms with van der Waals surface area (Å²) in [5, 5.41) is 4.71. The largest absolute Gasteiger partial charge is 0.489 e. The molecule has 7 heteroatoms. The molecule has 0 fully saturated rings. The second-order valence-corrected chi connectivity index (χ2v) is 8.10. The molecule has 0 aliphatic heterocycles. The van der Waals surface area contributed by atoms with Crippen molar-refractivity contribution in [2.45, 2.75) is 59.5 Å². The molecule has 170 valence electrons. The van der Waals surface area contributed by atoms with E-state index >= 15 is 0 Å². The summed E-state index contributed by atoms with van der Waals surface area (Å²) >= 11 is 6.36. The van der Waals surface area contributed by atoms with E-state index in [9.17, 15) is 4.79 Å². The SMILES string of the molecule is CCOC(=O)CCCc1cccc(-c2noc(-c3ccc(OC(C)C)c(Cl)c3)n2)c1CC. The lowest BCUT2D eigenvalue weighted by Crippen LogP contribution is -2.05. The Hall–Kier alpha value is -2.86. The van der Waals surface area contributed by atoms with Gasteiger partial charge in [-0.1, -0.05) is 41.9 Å². The molecular formula is C25H29ClN2O4. The average molecular weight is 457 g/mol. The van der Waals surface area contributed by atoms with Crippen LogP contribution in [0.3, 0.4) is 0 Å². The third-order valence-electron chi connectivity index (χ3n) is 4.97. The number of esters is 1. The van der Waals surface area contributed by atoms with Crippen molar-refractivity contribution >= 4 is 17.6 Å². The number of rotatable bonds is 10. The van der Waals surface area contributed by atoms with Gasteiger partial charge in [-0.3, -0.25) is 4.79 Å². The van der Waals surface area contributed by atoms with Gasteiger partial charge in [0.15, 0.2) is 0 Å². The van der Waals surface area contributed by atoms with E-state index in [0.717, 1.165) is 36.0 Å². The second-order valence-electron chi connectivity index (χ2n) is 7.69. The fraction of sp³-hybridized carbons (Fsp3) is 0.400. The predicted octanol–water partition coefficient (Wildman–Crippen LogP) is 6.29. The van der Waals surface area contributed by atoms with Crippen LogP contribution in [0.4, 0.5) is 0 Å². The molecule has 6 nitrogen and oxygen atoms in total. The predicted molar refractivity (Wildman–Crippen MR) is 125 cm³/mol. The molecule has 0 atom stereocenters. The van der Waals surface area contributed by atoms with Crippen molar-refractivity contribution in [2.24, 2.45) is 0 Å². The summed E-state index contributed by atoms with van der Waals surface area (Å²) in [5.74, 6) is 1.39. The minimum atomic E-state index is -0.159. The third kappa shape index (κ3) is 5.88. The molecule has 2 aromatic carbocycles. The summed E-state index contributed by atoms with van der Waals surface area (Å²) in [6, 6.07) is 11.5. The highest BCUT2D eigenvalue weighted by Crippen LogP contribution is 2.32. The van der Waals surface area contributed by atoms with Crippen LogP contribution in [0, 0.1) is 0 Å². The first-order chi connectivity index (χ1) is 15.4. The summed E-state index contributed by atoms with van der Waals surface area (Å²) in [6.07, 6.45) is 2.78. The molecule has 0 saturated heterocycles. The van der Waals surface area contributed by atoms with Crippen molar-refractivity contribution in [2.75, 3.05) is 6.61 Å². The highest BCUT2D eigenvalue weighted by atomic mass is 35.5. The van der Waals surface area contributed by atoms with Gasteiger partial charge in [0.2, 0.25) is 5.82 Å². The lowest BCUT2D eigenvalue weighted by atomic mass is 9.95. The minimum Gasteiger partial charge on any atom is -0.489 e. The van der Waals surface area contributed by atoms with Crippen molar-refractivity contribution in [3.05, 3.63) is 52.5 Å². The molecule has 1 aromatic heterocycles. The van der Waals surface area contributed by atoms with Crippen molar-refractivity contribution in [1.82, 2.24) is 10.1 Å². The van der Waals surface area contributed by atoms with Gasteiger partial charge in [-0.15, -0.1) is 0 Å². The molecule has 0 amide bonds. The topological polar surface area (TPSA) is 74.5 Å². The van der Waals surface area contributed by atoms with Gasteiger partial charge in [0.1, 0.15) is 5.75 Å². The van der Waals surface area contributed by atoms with Crippen LogP contribution in [0.5, 0.6) is 5.75 Å². The highest BCUT2D eigenvalue weighted by molar-refractivity contribution is 6.32.